The van der Waals surface area contributed by atoms with Crippen molar-refractivity contribution in [2.45, 2.75) is 37.8 Å². The predicted molar refractivity (Wildman–Crippen MR) is 100 cm³/mol. The average molecular weight is 382 g/mol. The summed E-state index contributed by atoms with van der Waals surface area (Å²) in [4.78, 5) is 16.5. The Labute approximate surface area is 153 Å². The molecule has 0 atom stereocenters. The number of carbonyl (C=O) groups excluding carboxylic acids is 1. The van der Waals surface area contributed by atoms with E-state index < -0.39 is 10.0 Å². The Hall–Kier alpha value is -1.77. The van der Waals surface area contributed by atoms with Crippen LogP contribution in [-0.4, -0.2) is 37.2 Å². The summed E-state index contributed by atoms with van der Waals surface area (Å²) in [5, 5.41) is 4.61. The lowest BCUT2D eigenvalue weighted by Gasteiger charge is -2.16. The van der Waals surface area contributed by atoms with E-state index in [1.54, 1.807) is 17.5 Å². The molecule has 2 heterocycles. The largest absolute Gasteiger partial charge is 0.324 e. The molecule has 1 N–H and O–H groups in total. The molecule has 136 valence electrons. The van der Waals surface area contributed by atoms with Crippen LogP contribution in [0.4, 0.5) is 5.69 Å². The molecule has 0 aromatic carbocycles. The maximum atomic E-state index is 12.3. The standard InChI is InChI=1S/C17H23N3O3S2/c1-12-11-13(2)18-14(3)17(12)19-15(21)7-5-9-20(4)25(22,23)16-8-6-10-24-16/h6,8,10-11H,5,7,9H2,1-4H3,(H,19,21). The van der Waals surface area contributed by atoms with E-state index in [0.29, 0.717) is 10.6 Å². The van der Waals surface area contributed by atoms with Gasteiger partial charge in [0.05, 0.1) is 11.4 Å². The Balaban J connectivity index is 1.89. The first-order valence-corrected chi connectivity index (χ1v) is 10.3. The lowest BCUT2D eigenvalue weighted by molar-refractivity contribution is -0.116. The number of nitrogens with one attached hydrogen (secondary N) is 1. The van der Waals surface area contributed by atoms with Gasteiger partial charge in [-0.15, -0.1) is 11.3 Å². The van der Waals surface area contributed by atoms with E-state index in [2.05, 4.69) is 10.3 Å². The third kappa shape index (κ3) is 4.87. The lowest BCUT2D eigenvalue weighted by atomic mass is 10.1. The minimum absolute atomic E-state index is 0.140. The second-order valence-electron chi connectivity index (χ2n) is 5.95. The summed E-state index contributed by atoms with van der Waals surface area (Å²) in [6, 6.07) is 5.21. The van der Waals surface area contributed by atoms with Gasteiger partial charge >= 0.3 is 0 Å². The van der Waals surface area contributed by atoms with E-state index in [1.807, 2.05) is 26.8 Å². The first-order valence-electron chi connectivity index (χ1n) is 7.96. The van der Waals surface area contributed by atoms with Crippen LogP contribution >= 0.6 is 11.3 Å². The summed E-state index contributed by atoms with van der Waals surface area (Å²) in [5.74, 6) is -0.140. The van der Waals surface area contributed by atoms with Gasteiger partial charge in [-0.05, 0) is 50.3 Å². The number of hydrogen-bond acceptors (Lipinski definition) is 5. The van der Waals surface area contributed by atoms with Crippen LogP contribution in [0.2, 0.25) is 0 Å². The number of pyridine rings is 1. The van der Waals surface area contributed by atoms with E-state index in [4.69, 9.17) is 0 Å². The molecule has 0 aliphatic carbocycles. The van der Waals surface area contributed by atoms with Crippen molar-refractivity contribution in [3.05, 3.63) is 40.5 Å². The molecule has 2 aromatic heterocycles. The Morgan fingerprint density at radius 3 is 2.64 bits per heavy atom. The van der Waals surface area contributed by atoms with Crippen LogP contribution in [0.15, 0.2) is 27.8 Å². The normalized spacial score (nSPS) is 11.7. The minimum atomic E-state index is -3.46. The van der Waals surface area contributed by atoms with Gasteiger partial charge in [-0.25, -0.2) is 12.7 Å². The number of aromatic nitrogens is 1. The summed E-state index contributed by atoms with van der Waals surface area (Å²) in [5.41, 5.74) is 3.39. The Morgan fingerprint density at radius 2 is 2.04 bits per heavy atom. The number of amides is 1. The van der Waals surface area contributed by atoms with Gasteiger partial charge in [0.1, 0.15) is 4.21 Å². The maximum Gasteiger partial charge on any atom is 0.252 e. The molecule has 0 aliphatic rings. The molecule has 0 saturated heterocycles. The smallest absolute Gasteiger partial charge is 0.252 e. The molecule has 6 nitrogen and oxygen atoms in total. The van der Waals surface area contributed by atoms with Gasteiger partial charge in [-0.2, -0.15) is 0 Å². The van der Waals surface area contributed by atoms with Crippen LogP contribution in [-0.2, 0) is 14.8 Å². The number of anilines is 1. The van der Waals surface area contributed by atoms with E-state index in [9.17, 15) is 13.2 Å². The molecule has 1 amide bonds. The molecule has 2 rings (SSSR count). The summed E-state index contributed by atoms with van der Waals surface area (Å²) < 4.78 is 26.2. The van der Waals surface area contributed by atoms with Crippen molar-refractivity contribution in [2.24, 2.45) is 0 Å². The van der Waals surface area contributed by atoms with Crippen molar-refractivity contribution < 1.29 is 13.2 Å². The van der Waals surface area contributed by atoms with Crippen LogP contribution in [0.25, 0.3) is 0 Å². The third-order valence-corrected chi connectivity index (χ3v) is 7.06. The maximum absolute atomic E-state index is 12.3. The summed E-state index contributed by atoms with van der Waals surface area (Å²) in [6.45, 7) is 5.99. The van der Waals surface area contributed by atoms with Crippen LogP contribution in [0.3, 0.4) is 0 Å². The van der Waals surface area contributed by atoms with Crippen molar-refractivity contribution in [3.8, 4) is 0 Å². The number of aryl methyl sites for hydroxylation is 3. The molecule has 0 spiro atoms. The topological polar surface area (TPSA) is 79.4 Å². The van der Waals surface area contributed by atoms with E-state index in [1.165, 1.54) is 22.7 Å². The first-order chi connectivity index (χ1) is 11.7. The molecule has 25 heavy (non-hydrogen) atoms. The monoisotopic (exact) mass is 381 g/mol. The van der Waals surface area contributed by atoms with Crippen LogP contribution in [0.1, 0.15) is 29.8 Å². The molecule has 0 aliphatic heterocycles. The highest BCUT2D eigenvalue weighted by atomic mass is 32.2. The number of thiophene rings is 1. The van der Waals surface area contributed by atoms with Crippen molar-refractivity contribution in [3.63, 3.8) is 0 Å². The van der Waals surface area contributed by atoms with Crippen molar-refractivity contribution in [1.29, 1.82) is 0 Å². The molecule has 0 bridgehead atoms. The molecular weight excluding hydrogens is 358 g/mol. The van der Waals surface area contributed by atoms with Gasteiger partial charge in [-0.1, -0.05) is 6.07 Å². The number of hydrogen-bond donors (Lipinski definition) is 1. The minimum Gasteiger partial charge on any atom is -0.324 e. The fraction of sp³-hybridized carbons (Fsp3) is 0.412. The number of carbonyl (C=O) groups is 1. The molecule has 0 fully saturated rings. The zero-order valence-corrected chi connectivity index (χ0v) is 16.5. The SMILES string of the molecule is Cc1cc(C)c(NC(=O)CCCN(C)S(=O)(=O)c2cccs2)c(C)n1. The summed E-state index contributed by atoms with van der Waals surface area (Å²) >= 11 is 1.19. The van der Waals surface area contributed by atoms with Crippen LogP contribution in [0, 0.1) is 20.8 Å². The zero-order chi connectivity index (χ0) is 18.6. The fourth-order valence-corrected chi connectivity index (χ4v) is 4.97. The molecular formula is C17H23N3O3S2. The van der Waals surface area contributed by atoms with Gasteiger partial charge in [0, 0.05) is 25.7 Å². The van der Waals surface area contributed by atoms with Crippen LogP contribution < -0.4 is 5.32 Å². The highest BCUT2D eigenvalue weighted by Gasteiger charge is 2.21. The molecule has 0 radical (unpaired) electrons. The van der Waals surface area contributed by atoms with Crippen molar-refractivity contribution >= 4 is 33.0 Å². The van der Waals surface area contributed by atoms with Gasteiger partial charge in [0.15, 0.2) is 0 Å². The Kier molecular flexibility index (Phi) is 6.31. The van der Waals surface area contributed by atoms with Crippen molar-refractivity contribution in [2.75, 3.05) is 18.9 Å². The zero-order valence-electron chi connectivity index (χ0n) is 14.9. The van der Waals surface area contributed by atoms with Gasteiger partial charge < -0.3 is 5.32 Å². The fourth-order valence-electron chi connectivity index (χ4n) is 2.56. The summed E-state index contributed by atoms with van der Waals surface area (Å²) in [6.07, 6.45) is 0.696. The molecule has 2 aromatic rings. The van der Waals surface area contributed by atoms with E-state index in [0.717, 1.165) is 22.6 Å². The Bertz CT molecular complexity index is 823. The van der Waals surface area contributed by atoms with Gasteiger partial charge in [0.25, 0.3) is 10.0 Å². The summed E-state index contributed by atoms with van der Waals surface area (Å²) in [7, 11) is -1.93. The molecule has 0 unspecified atom stereocenters. The number of rotatable bonds is 7. The quantitative estimate of drug-likeness (QED) is 0.799. The van der Waals surface area contributed by atoms with E-state index >= 15 is 0 Å². The Morgan fingerprint density at radius 1 is 1.32 bits per heavy atom. The second-order valence-corrected chi connectivity index (χ2v) is 9.17. The highest BCUT2D eigenvalue weighted by molar-refractivity contribution is 7.91. The number of nitrogens with zero attached hydrogens (tertiary/aromatic N) is 2. The first kappa shape index (κ1) is 19.6. The lowest BCUT2D eigenvalue weighted by Crippen LogP contribution is -2.28. The van der Waals surface area contributed by atoms with Gasteiger partial charge in [0.2, 0.25) is 5.91 Å². The van der Waals surface area contributed by atoms with Crippen molar-refractivity contribution in [1.82, 2.24) is 9.29 Å². The predicted octanol–water partition coefficient (Wildman–Crippen LogP) is 3.11. The third-order valence-electron chi connectivity index (χ3n) is 3.83. The van der Waals surface area contributed by atoms with Gasteiger partial charge in [-0.3, -0.25) is 9.78 Å². The number of sulfonamides is 1. The second kappa shape index (κ2) is 8.07. The van der Waals surface area contributed by atoms with Crippen LogP contribution in [0.5, 0.6) is 0 Å². The molecule has 8 heteroatoms. The molecule has 0 saturated carbocycles. The highest BCUT2D eigenvalue weighted by Crippen LogP contribution is 2.21. The van der Waals surface area contributed by atoms with E-state index in [-0.39, 0.29) is 18.9 Å². The average Bonchev–Trinajstić information content (AvgIpc) is 3.05.